The van der Waals surface area contributed by atoms with Crippen LogP contribution < -0.4 is 43.0 Å². The molecule has 4 heterocycles. The molecule has 6 aromatic rings. The number of H-pyrrole nitrogens is 2. The average Bonchev–Trinajstić information content (AvgIpc) is 3.27. The molecular formula is C39H36N14O13. The van der Waals surface area contributed by atoms with Gasteiger partial charge in [0.2, 0.25) is 11.9 Å². The number of carbonyl (C=O) groups excluding carboxylic acids is 3. The normalized spacial score (nSPS) is 11.9. The molecule has 4 aromatic heterocycles. The first-order valence-electron chi connectivity index (χ1n) is 19.2. The van der Waals surface area contributed by atoms with Crippen LogP contribution in [-0.4, -0.2) is 114 Å². The van der Waals surface area contributed by atoms with Gasteiger partial charge in [-0.1, -0.05) is 0 Å². The van der Waals surface area contributed by atoms with Gasteiger partial charge >= 0.3 is 29.9 Å². The minimum Gasteiger partial charge on any atom is -0.481 e. The molecule has 4 amide bonds. The third-order valence-electron chi connectivity index (χ3n) is 9.46. The largest absolute Gasteiger partial charge is 0.481 e. The van der Waals surface area contributed by atoms with Gasteiger partial charge in [-0.3, -0.25) is 48.5 Å². The quantitative estimate of drug-likeness (QED) is 0.0535. The lowest BCUT2D eigenvalue weighted by atomic mass is 10.1. The van der Waals surface area contributed by atoms with Crippen LogP contribution in [0.25, 0.3) is 22.3 Å². The predicted octanol–water partition coefficient (Wildman–Crippen LogP) is -0.167. The van der Waals surface area contributed by atoms with E-state index >= 15 is 4.79 Å². The Morgan fingerprint density at radius 3 is 1.27 bits per heavy atom. The van der Waals surface area contributed by atoms with Crippen LogP contribution >= 0.6 is 0 Å². The third-order valence-corrected chi connectivity index (χ3v) is 9.46. The maximum Gasteiger partial charge on any atom is 0.329 e. The Morgan fingerprint density at radius 2 is 0.939 bits per heavy atom. The fourth-order valence-corrected chi connectivity index (χ4v) is 6.22. The Morgan fingerprint density at radius 1 is 0.576 bits per heavy atom. The molecule has 0 aliphatic carbocycles. The van der Waals surface area contributed by atoms with Crippen LogP contribution in [0.3, 0.4) is 0 Å². The molecule has 0 fully saturated rings. The molecule has 340 valence electrons. The van der Waals surface area contributed by atoms with Crippen LogP contribution in [0.1, 0.15) is 57.8 Å². The highest BCUT2D eigenvalue weighted by Crippen LogP contribution is 2.26. The van der Waals surface area contributed by atoms with E-state index in [2.05, 4.69) is 50.5 Å². The van der Waals surface area contributed by atoms with Crippen LogP contribution in [0.2, 0.25) is 0 Å². The number of rotatable bonds is 18. The summed E-state index contributed by atoms with van der Waals surface area (Å²) in [5.74, 6) is -7.72. The van der Waals surface area contributed by atoms with Gasteiger partial charge in [-0.2, -0.15) is 9.97 Å². The molecular weight excluding hydrogens is 873 g/mol. The van der Waals surface area contributed by atoms with E-state index < -0.39 is 104 Å². The number of aliphatic carboxylic acids is 4. The number of benzene rings is 2. The van der Waals surface area contributed by atoms with Crippen LogP contribution in [0.5, 0.6) is 0 Å². The maximum atomic E-state index is 15.1. The zero-order valence-electron chi connectivity index (χ0n) is 33.9. The Hall–Kier alpha value is -9.43. The first-order valence-corrected chi connectivity index (χ1v) is 19.2. The van der Waals surface area contributed by atoms with E-state index in [0.717, 1.165) is 9.80 Å². The van der Waals surface area contributed by atoms with E-state index in [1.165, 1.54) is 60.9 Å². The molecule has 0 saturated heterocycles. The van der Waals surface area contributed by atoms with Crippen LogP contribution in [0, 0.1) is 0 Å². The number of nitrogens with two attached hydrogens (primary N) is 2. The SMILES string of the molecule is Nc1nc2ncc(CN(C(=O)N(Cc3cnc4nc(N)[nH]c(=O)c4n3)c3ccc(C(=O)N[C@@H](CCC(=O)O)C(=O)O)cc3)c3ccc(C(=O)N[C@@H](CCC(=O)O)C(=O)O)cc3)nc2c(=O)[nH]1. The van der Waals surface area contributed by atoms with Crippen molar-refractivity contribution in [3.8, 4) is 0 Å². The third kappa shape index (κ3) is 11.1. The molecule has 27 nitrogen and oxygen atoms in total. The van der Waals surface area contributed by atoms with Crippen molar-refractivity contribution < 1.29 is 54.0 Å². The lowest BCUT2D eigenvalue weighted by Gasteiger charge is -2.31. The second-order valence-electron chi connectivity index (χ2n) is 14.1. The molecule has 0 bridgehead atoms. The molecule has 0 aliphatic heterocycles. The Bertz CT molecular complexity index is 2820. The van der Waals surface area contributed by atoms with Crippen LogP contribution in [0.15, 0.2) is 70.5 Å². The highest BCUT2D eigenvalue weighted by molar-refractivity contribution is 6.05. The Labute approximate surface area is 367 Å². The molecule has 0 aliphatic rings. The van der Waals surface area contributed by atoms with Gasteiger partial charge in [0, 0.05) is 35.3 Å². The summed E-state index contributed by atoms with van der Waals surface area (Å²) < 4.78 is 0. The van der Waals surface area contributed by atoms with Crippen molar-refractivity contribution in [1.82, 2.24) is 50.5 Å². The van der Waals surface area contributed by atoms with E-state index in [1.54, 1.807) is 0 Å². The summed E-state index contributed by atoms with van der Waals surface area (Å²) in [7, 11) is 0. The monoisotopic (exact) mass is 908 g/mol. The predicted molar refractivity (Wildman–Crippen MR) is 227 cm³/mol. The van der Waals surface area contributed by atoms with Crippen molar-refractivity contribution in [2.75, 3.05) is 21.3 Å². The molecule has 2 aromatic carbocycles. The van der Waals surface area contributed by atoms with E-state index in [1.807, 2.05) is 0 Å². The maximum absolute atomic E-state index is 15.1. The lowest BCUT2D eigenvalue weighted by Crippen LogP contribution is -2.43. The number of amides is 4. The summed E-state index contributed by atoms with van der Waals surface area (Å²) in [6.45, 7) is -0.882. The Kier molecular flexibility index (Phi) is 13.8. The number of urea groups is 1. The van der Waals surface area contributed by atoms with Crippen molar-refractivity contribution in [2.24, 2.45) is 0 Å². The highest BCUT2D eigenvalue weighted by Gasteiger charge is 2.29. The number of aromatic amines is 2. The summed E-state index contributed by atoms with van der Waals surface area (Å²) in [6, 6.07) is 6.34. The fourth-order valence-electron chi connectivity index (χ4n) is 6.22. The van der Waals surface area contributed by atoms with Crippen molar-refractivity contribution in [1.29, 1.82) is 0 Å². The van der Waals surface area contributed by atoms with Crippen LogP contribution in [0.4, 0.5) is 28.1 Å². The van der Waals surface area contributed by atoms with Gasteiger partial charge < -0.3 is 42.5 Å². The smallest absolute Gasteiger partial charge is 0.329 e. The molecule has 2 atom stereocenters. The number of carboxylic acids is 4. The second-order valence-corrected chi connectivity index (χ2v) is 14.1. The minimum absolute atomic E-state index is 0.0287. The number of carboxylic acid groups (broad SMARTS) is 4. The summed E-state index contributed by atoms with van der Waals surface area (Å²) >= 11 is 0. The second kappa shape index (κ2) is 19.7. The number of carbonyl (C=O) groups is 7. The number of aromatic nitrogens is 8. The van der Waals surface area contributed by atoms with Gasteiger partial charge in [0.15, 0.2) is 22.3 Å². The topological polar surface area (TPSA) is 426 Å². The standard InChI is InChI=1S/C39H36N14O13/c40-37-48-29-27(33(60)50-37)44-19(13-42-29)15-52(21-5-1-17(2-6-21)31(58)46-23(35(62)63)9-11-25(54)55)39(66)53(16-20-14-43-30-28(45-20)34(61)51-38(41)49-30)22-7-3-18(4-8-22)32(59)47-24(36(64)65)10-12-26(56)57/h1-8,13-14,23-24H,9-12,15-16H2,(H,46,58)(H,47,59)(H,54,55)(H,56,57)(H,62,63)(H,64,65)(H3,40,42,48,50,60)(H3,41,43,49,51,61)/t23-,24-/m0/s1. The molecule has 0 spiro atoms. The van der Waals surface area contributed by atoms with E-state index in [0.29, 0.717) is 0 Å². The van der Waals surface area contributed by atoms with Gasteiger partial charge in [-0.15, -0.1) is 0 Å². The average molecular weight is 909 g/mol. The molecule has 27 heteroatoms. The van der Waals surface area contributed by atoms with Crippen LogP contribution in [-0.2, 0) is 32.3 Å². The number of anilines is 4. The van der Waals surface area contributed by atoms with Crippen molar-refractivity contribution >= 4 is 87.3 Å². The van der Waals surface area contributed by atoms with Gasteiger partial charge in [-0.25, -0.2) is 34.3 Å². The van der Waals surface area contributed by atoms with Gasteiger partial charge in [0.1, 0.15) is 12.1 Å². The summed E-state index contributed by atoms with van der Waals surface area (Å²) in [4.78, 5) is 145. The van der Waals surface area contributed by atoms with E-state index in [9.17, 15) is 48.6 Å². The number of fused-ring (bicyclic) bond motifs is 2. The molecule has 6 rings (SSSR count). The first kappa shape index (κ1) is 46.1. The summed E-state index contributed by atoms with van der Waals surface area (Å²) in [5.41, 5.74) is 9.18. The number of nitrogens with one attached hydrogen (secondary N) is 4. The van der Waals surface area contributed by atoms with Crippen molar-refractivity contribution in [2.45, 2.75) is 50.9 Å². The minimum atomic E-state index is -1.55. The molecule has 66 heavy (non-hydrogen) atoms. The molecule has 0 radical (unpaired) electrons. The number of hydrogen-bond acceptors (Lipinski definition) is 17. The molecule has 12 N–H and O–H groups in total. The van der Waals surface area contributed by atoms with Gasteiger partial charge in [0.25, 0.3) is 22.9 Å². The first-order chi connectivity index (χ1) is 31.4. The van der Waals surface area contributed by atoms with E-state index in [4.69, 9.17) is 21.7 Å². The van der Waals surface area contributed by atoms with E-state index in [-0.39, 0.29) is 68.1 Å². The molecule has 0 saturated carbocycles. The Balaban J connectivity index is 1.41. The fraction of sp³-hybridized carbons (Fsp3) is 0.205. The zero-order valence-corrected chi connectivity index (χ0v) is 33.9. The number of nitrogens with zero attached hydrogens (tertiary/aromatic N) is 8. The number of hydrogen-bond donors (Lipinski definition) is 10. The van der Waals surface area contributed by atoms with Crippen molar-refractivity contribution in [3.63, 3.8) is 0 Å². The summed E-state index contributed by atoms with van der Waals surface area (Å²) in [6.07, 6.45) is 0.534. The van der Waals surface area contributed by atoms with Crippen molar-refractivity contribution in [3.05, 3.63) is 104 Å². The lowest BCUT2D eigenvalue weighted by molar-refractivity contribution is -0.142. The van der Waals surface area contributed by atoms with Gasteiger partial charge in [-0.05, 0) is 61.4 Å². The molecule has 0 unspecified atom stereocenters. The highest BCUT2D eigenvalue weighted by atomic mass is 16.4. The van der Waals surface area contributed by atoms with Gasteiger partial charge in [0.05, 0.1) is 36.9 Å². The number of nitrogen functional groups attached to an aromatic ring is 2. The zero-order chi connectivity index (χ0) is 47.8. The summed E-state index contributed by atoms with van der Waals surface area (Å²) in [5, 5.41) is 41.7.